The molecule has 1 heterocycles. The van der Waals surface area contributed by atoms with Gasteiger partial charge in [-0.15, -0.1) is 0 Å². The Bertz CT molecular complexity index is 1620. The van der Waals surface area contributed by atoms with Crippen LogP contribution in [0.25, 0.3) is 11.1 Å². The Labute approximate surface area is 250 Å². The van der Waals surface area contributed by atoms with Crippen LogP contribution < -0.4 is 15.5 Å². The molecule has 1 amide bonds. The van der Waals surface area contributed by atoms with Gasteiger partial charge in [-0.3, -0.25) is 15.0 Å². The highest BCUT2D eigenvalue weighted by atomic mass is 19.4. The average Bonchev–Trinajstić information content (AvgIpc) is 2.98. The molecule has 4 rings (SSSR count). The van der Waals surface area contributed by atoms with E-state index in [1.54, 1.807) is 34.9 Å². The van der Waals surface area contributed by atoms with Crippen molar-refractivity contribution in [2.24, 2.45) is 0 Å². The summed E-state index contributed by atoms with van der Waals surface area (Å²) in [4.78, 5) is 33.3. The molecule has 0 radical (unpaired) electrons. The van der Waals surface area contributed by atoms with E-state index in [1.807, 2.05) is 73.8 Å². The van der Waals surface area contributed by atoms with Crippen LogP contribution in [0.1, 0.15) is 33.9 Å². The number of carbonyl (C=O) groups is 3. The molecule has 0 fully saturated rings. The molecular weight excluding hydrogens is 579 g/mol. The second kappa shape index (κ2) is 15.2. The van der Waals surface area contributed by atoms with Crippen LogP contribution in [0.15, 0.2) is 97.2 Å². The third-order valence-corrected chi connectivity index (χ3v) is 6.28. The third-order valence-electron chi connectivity index (χ3n) is 6.28. The number of halogens is 3. The Morgan fingerprint density at radius 3 is 1.98 bits per heavy atom. The van der Waals surface area contributed by atoms with Crippen LogP contribution in [0.4, 0.5) is 13.2 Å². The van der Waals surface area contributed by atoms with Crippen molar-refractivity contribution < 1.29 is 42.5 Å². The monoisotopic (exact) mass is 609 g/mol. The highest BCUT2D eigenvalue weighted by Crippen LogP contribution is 2.24. The number of hydrogen-bond acceptors (Lipinski definition) is 5. The number of benzene rings is 3. The summed E-state index contributed by atoms with van der Waals surface area (Å²) < 4.78 is 39.3. The van der Waals surface area contributed by atoms with E-state index in [0.29, 0.717) is 30.0 Å². The maximum atomic E-state index is 12.9. The van der Waals surface area contributed by atoms with Gasteiger partial charge < -0.3 is 24.8 Å². The van der Waals surface area contributed by atoms with Gasteiger partial charge in [0.05, 0.1) is 19.0 Å². The lowest BCUT2D eigenvalue weighted by Gasteiger charge is -2.18. The fraction of sp³-hybridized carbons (Fsp3) is 0.188. The number of aryl methyl sites for hydroxylation is 1. The Balaban J connectivity index is 0.000000676. The van der Waals surface area contributed by atoms with Gasteiger partial charge >= 0.3 is 18.1 Å². The summed E-state index contributed by atoms with van der Waals surface area (Å²) in [6, 6.07) is 27.2. The lowest BCUT2D eigenvalue weighted by Crippen LogP contribution is -2.30. The second-order valence-corrected chi connectivity index (χ2v) is 9.57. The number of carboxylic acid groups (broad SMARTS) is 2. The van der Waals surface area contributed by atoms with Crippen molar-refractivity contribution >= 4 is 17.8 Å². The van der Waals surface area contributed by atoms with E-state index in [0.717, 1.165) is 16.7 Å². The average molecular weight is 610 g/mol. The molecule has 3 aromatic carbocycles. The quantitative estimate of drug-likeness (QED) is 0.184. The molecule has 0 aliphatic rings. The van der Waals surface area contributed by atoms with Gasteiger partial charge in [-0.1, -0.05) is 60.2 Å². The van der Waals surface area contributed by atoms with Crippen LogP contribution in [-0.4, -0.2) is 45.4 Å². The number of carboxylic acids is 2. The van der Waals surface area contributed by atoms with Gasteiger partial charge in [0.1, 0.15) is 17.8 Å². The number of rotatable bonds is 10. The van der Waals surface area contributed by atoms with E-state index in [4.69, 9.17) is 20.0 Å². The molecule has 0 aliphatic carbocycles. The van der Waals surface area contributed by atoms with Crippen LogP contribution in [0, 0.1) is 12.3 Å². The Kier molecular flexibility index (Phi) is 11.4. The molecule has 0 aliphatic heterocycles. The minimum atomic E-state index is -5.08. The van der Waals surface area contributed by atoms with E-state index in [-0.39, 0.29) is 12.3 Å². The van der Waals surface area contributed by atoms with Crippen LogP contribution in [0.3, 0.4) is 0 Å². The first-order chi connectivity index (χ1) is 20.8. The summed E-state index contributed by atoms with van der Waals surface area (Å²) in [5, 5.41) is 27.3. The molecule has 1 aromatic heterocycles. The lowest BCUT2D eigenvalue weighted by molar-refractivity contribution is -0.192. The van der Waals surface area contributed by atoms with Gasteiger partial charge in [0.25, 0.3) is 5.91 Å². The zero-order valence-electron chi connectivity index (χ0n) is 23.5. The molecule has 44 heavy (non-hydrogen) atoms. The first-order valence-electron chi connectivity index (χ1n) is 13.3. The molecule has 9 nitrogen and oxygen atoms in total. The minimum Gasteiger partial charge on any atom is -0.492 e. The molecule has 4 aromatic rings. The topological polar surface area (TPSA) is 142 Å². The number of nitrogens with one attached hydrogen (secondary N) is 2. The molecule has 1 unspecified atom stereocenters. The van der Waals surface area contributed by atoms with Crippen LogP contribution in [0.5, 0.6) is 5.75 Å². The fourth-order valence-electron chi connectivity index (χ4n) is 3.96. The second-order valence-electron chi connectivity index (χ2n) is 9.57. The highest BCUT2D eigenvalue weighted by molar-refractivity contribution is 5.94. The number of amides is 1. The standard InChI is InChI=1S/C30H29N3O4.C2HF3O2/c1-21-5-7-22(8-6-21)23-9-11-24(12-10-23)27(20-29(34)35)32-30(36)25-13-15-26(16-14-25)37-19-18-33-17-3-2-4-28(33)31;3-2(4,5)1(6)7/h2-17,27,31H,18-20H2,1H3,(H,32,36)(H,34,35);(H,6,7). The Hall–Kier alpha value is -5.39. The van der Waals surface area contributed by atoms with Crippen molar-refractivity contribution in [2.75, 3.05) is 6.61 Å². The summed E-state index contributed by atoms with van der Waals surface area (Å²) in [5.74, 6) is -3.51. The zero-order chi connectivity index (χ0) is 32.3. The zero-order valence-corrected chi connectivity index (χ0v) is 23.5. The number of carbonyl (C=O) groups excluding carboxylic acids is 1. The molecular formula is C32H30F3N3O6. The number of alkyl halides is 3. The van der Waals surface area contributed by atoms with Crippen LogP contribution in [-0.2, 0) is 16.1 Å². The van der Waals surface area contributed by atoms with Crippen LogP contribution >= 0.6 is 0 Å². The first-order valence-corrected chi connectivity index (χ1v) is 13.3. The van der Waals surface area contributed by atoms with E-state index >= 15 is 0 Å². The van der Waals surface area contributed by atoms with Crippen molar-refractivity contribution in [3.05, 3.63) is 119 Å². The molecule has 230 valence electrons. The van der Waals surface area contributed by atoms with Crippen molar-refractivity contribution in [3.63, 3.8) is 0 Å². The fourth-order valence-corrected chi connectivity index (χ4v) is 3.96. The van der Waals surface area contributed by atoms with Crippen LogP contribution in [0.2, 0.25) is 0 Å². The Morgan fingerprint density at radius 2 is 1.45 bits per heavy atom. The van der Waals surface area contributed by atoms with E-state index in [1.165, 1.54) is 5.56 Å². The minimum absolute atomic E-state index is 0.230. The molecule has 12 heteroatoms. The number of nitrogens with zero attached hydrogens (tertiary/aromatic N) is 1. The van der Waals surface area contributed by atoms with Gasteiger partial charge in [-0.25, -0.2) is 4.79 Å². The van der Waals surface area contributed by atoms with Gasteiger partial charge in [0.2, 0.25) is 0 Å². The summed E-state index contributed by atoms with van der Waals surface area (Å²) in [5.41, 5.74) is 4.80. The van der Waals surface area contributed by atoms with E-state index in [9.17, 15) is 27.9 Å². The predicted octanol–water partition coefficient (Wildman–Crippen LogP) is 5.60. The molecule has 0 bridgehead atoms. The number of pyridine rings is 1. The smallest absolute Gasteiger partial charge is 0.490 e. The maximum absolute atomic E-state index is 12.9. The summed E-state index contributed by atoms with van der Waals surface area (Å²) in [6.45, 7) is 2.94. The van der Waals surface area contributed by atoms with Gasteiger partial charge in [0.15, 0.2) is 0 Å². The van der Waals surface area contributed by atoms with Crippen molar-refractivity contribution in [3.8, 4) is 16.9 Å². The Morgan fingerprint density at radius 1 is 0.886 bits per heavy atom. The largest absolute Gasteiger partial charge is 0.492 e. The van der Waals surface area contributed by atoms with Crippen molar-refractivity contribution in [2.45, 2.75) is 32.1 Å². The van der Waals surface area contributed by atoms with Gasteiger partial charge in [0, 0.05) is 11.8 Å². The van der Waals surface area contributed by atoms with E-state index < -0.39 is 24.2 Å². The SMILES string of the molecule is Cc1ccc(-c2ccc(C(CC(=O)O)NC(=O)c3ccc(OCCn4ccccc4=N)cc3)cc2)cc1.O=C(O)C(F)(F)F. The summed E-state index contributed by atoms with van der Waals surface area (Å²) >= 11 is 0. The number of aromatic nitrogens is 1. The summed E-state index contributed by atoms with van der Waals surface area (Å²) in [6.07, 6.45) is -3.49. The van der Waals surface area contributed by atoms with Crippen molar-refractivity contribution in [1.82, 2.24) is 9.88 Å². The first kappa shape index (κ1) is 33.1. The predicted molar refractivity (Wildman–Crippen MR) is 155 cm³/mol. The molecule has 0 saturated carbocycles. The van der Waals surface area contributed by atoms with E-state index in [2.05, 4.69) is 5.32 Å². The number of ether oxygens (including phenoxy) is 1. The molecule has 1 atom stereocenters. The molecule has 0 saturated heterocycles. The maximum Gasteiger partial charge on any atom is 0.490 e. The lowest BCUT2D eigenvalue weighted by atomic mass is 9.98. The number of hydrogen-bond donors (Lipinski definition) is 4. The molecule has 0 spiro atoms. The normalized spacial score (nSPS) is 11.5. The molecule has 4 N–H and O–H groups in total. The third kappa shape index (κ3) is 10.2. The highest BCUT2D eigenvalue weighted by Gasteiger charge is 2.38. The van der Waals surface area contributed by atoms with Gasteiger partial charge in [-0.2, -0.15) is 13.2 Å². The number of aliphatic carboxylic acids is 2. The summed E-state index contributed by atoms with van der Waals surface area (Å²) in [7, 11) is 0. The van der Waals surface area contributed by atoms with Crippen molar-refractivity contribution in [1.29, 1.82) is 5.41 Å². The van der Waals surface area contributed by atoms with Gasteiger partial charge in [-0.05, 0) is 60.0 Å².